The molecule has 0 saturated heterocycles. The molecule has 0 fully saturated rings. The summed E-state index contributed by atoms with van der Waals surface area (Å²) in [5, 5.41) is 7.21. The van der Waals surface area contributed by atoms with Crippen molar-refractivity contribution in [3.8, 4) is 0 Å². The van der Waals surface area contributed by atoms with Crippen LogP contribution in [-0.4, -0.2) is 36.1 Å². The van der Waals surface area contributed by atoms with Gasteiger partial charge in [0.1, 0.15) is 0 Å². The van der Waals surface area contributed by atoms with Crippen LogP contribution in [0.15, 0.2) is 59.6 Å². The summed E-state index contributed by atoms with van der Waals surface area (Å²) in [6.07, 6.45) is 0.862. The minimum absolute atomic E-state index is 0.587. The van der Waals surface area contributed by atoms with Crippen molar-refractivity contribution in [2.24, 2.45) is 4.99 Å². The summed E-state index contributed by atoms with van der Waals surface area (Å²) in [6.45, 7) is 1.38. The zero-order chi connectivity index (χ0) is 17.9. The van der Waals surface area contributed by atoms with Gasteiger partial charge in [-0.25, -0.2) is 0 Å². The number of benzene rings is 2. The monoisotopic (exact) mass is 377 g/mol. The van der Waals surface area contributed by atoms with Gasteiger partial charge in [0, 0.05) is 47.5 Å². The number of nitrogens with one attached hydrogen (secondary N) is 2. The standard InChI is InChI=1S/C19H24ClN3OS/c1-21-19(22-11-10-16-8-5-9-18(20)14-16)23-12-13-25(24)15-17-6-3-2-4-7-17/h2-9,14H,10-13,15H2,1H3,(H2,21,22,23). The SMILES string of the molecule is CN=C(NCCc1cccc(Cl)c1)NCCS(=O)Cc1ccccc1. The summed E-state index contributed by atoms with van der Waals surface area (Å²) in [4.78, 5) is 4.19. The van der Waals surface area contributed by atoms with E-state index in [0.717, 1.165) is 29.5 Å². The predicted octanol–water partition coefficient (Wildman–Crippen LogP) is 3.00. The van der Waals surface area contributed by atoms with Crippen LogP contribution in [0.25, 0.3) is 0 Å². The second kappa shape index (κ2) is 10.9. The number of rotatable bonds is 8. The lowest BCUT2D eigenvalue weighted by molar-refractivity contribution is 0.680. The van der Waals surface area contributed by atoms with Crippen LogP contribution in [0.4, 0.5) is 0 Å². The van der Waals surface area contributed by atoms with Gasteiger partial charge in [-0.2, -0.15) is 0 Å². The number of aliphatic imine (C=N–C) groups is 1. The highest BCUT2D eigenvalue weighted by Crippen LogP contribution is 2.10. The lowest BCUT2D eigenvalue weighted by atomic mass is 10.1. The van der Waals surface area contributed by atoms with Gasteiger partial charge in [-0.3, -0.25) is 9.20 Å². The van der Waals surface area contributed by atoms with Crippen LogP contribution in [0.3, 0.4) is 0 Å². The molecule has 0 saturated carbocycles. The average molecular weight is 378 g/mol. The highest BCUT2D eigenvalue weighted by molar-refractivity contribution is 7.84. The van der Waals surface area contributed by atoms with Crippen molar-refractivity contribution in [3.63, 3.8) is 0 Å². The van der Waals surface area contributed by atoms with Crippen LogP contribution >= 0.6 is 11.6 Å². The Labute approximate surface area is 157 Å². The number of hydrogen-bond acceptors (Lipinski definition) is 2. The summed E-state index contributed by atoms with van der Waals surface area (Å²) in [5.41, 5.74) is 2.28. The highest BCUT2D eigenvalue weighted by Gasteiger charge is 2.03. The lowest BCUT2D eigenvalue weighted by Crippen LogP contribution is -2.40. The third kappa shape index (κ3) is 7.71. The van der Waals surface area contributed by atoms with Crippen LogP contribution < -0.4 is 10.6 Å². The molecule has 2 N–H and O–H groups in total. The first-order valence-corrected chi connectivity index (χ1v) is 10.1. The van der Waals surface area contributed by atoms with E-state index in [1.807, 2.05) is 48.5 Å². The maximum Gasteiger partial charge on any atom is 0.191 e. The first kappa shape index (κ1) is 19.5. The first-order valence-electron chi connectivity index (χ1n) is 8.25. The summed E-state index contributed by atoms with van der Waals surface area (Å²) in [7, 11) is 0.844. The molecule has 6 heteroatoms. The van der Waals surface area contributed by atoms with Crippen LogP contribution in [0.5, 0.6) is 0 Å². The Balaban J connectivity index is 1.65. The van der Waals surface area contributed by atoms with Crippen molar-refractivity contribution in [3.05, 3.63) is 70.7 Å². The van der Waals surface area contributed by atoms with E-state index in [0.29, 0.717) is 18.1 Å². The highest BCUT2D eigenvalue weighted by atomic mass is 35.5. The Morgan fingerprint density at radius 1 is 1.04 bits per heavy atom. The number of guanidine groups is 1. The molecule has 0 amide bonds. The molecule has 1 unspecified atom stereocenters. The number of nitrogens with zero attached hydrogens (tertiary/aromatic N) is 1. The lowest BCUT2D eigenvalue weighted by Gasteiger charge is -2.12. The molecule has 25 heavy (non-hydrogen) atoms. The Kier molecular flexibility index (Phi) is 8.49. The molecule has 1 atom stereocenters. The second-order valence-electron chi connectivity index (χ2n) is 5.58. The van der Waals surface area contributed by atoms with E-state index in [9.17, 15) is 4.21 Å². The second-order valence-corrected chi connectivity index (χ2v) is 7.59. The Morgan fingerprint density at radius 3 is 2.48 bits per heavy atom. The van der Waals surface area contributed by atoms with Crippen molar-refractivity contribution < 1.29 is 4.21 Å². The smallest absolute Gasteiger partial charge is 0.191 e. The maximum atomic E-state index is 12.1. The minimum Gasteiger partial charge on any atom is -0.356 e. The van der Waals surface area contributed by atoms with Crippen LogP contribution in [0.2, 0.25) is 5.02 Å². The third-order valence-corrected chi connectivity index (χ3v) is 5.16. The summed E-state index contributed by atoms with van der Waals surface area (Å²) in [5.74, 6) is 1.89. The quantitative estimate of drug-likeness (QED) is 0.549. The Morgan fingerprint density at radius 2 is 1.76 bits per heavy atom. The van der Waals surface area contributed by atoms with Gasteiger partial charge in [-0.15, -0.1) is 0 Å². The Bertz CT molecular complexity index is 707. The summed E-state index contributed by atoms with van der Waals surface area (Å²) < 4.78 is 12.1. The van der Waals surface area contributed by atoms with Crippen molar-refractivity contribution in [1.82, 2.24) is 10.6 Å². The topological polar surface area (TPSA) is 53.5 Å². The minimum atomic E-state index is -0.887. The Hall–Kier alpha value is -1.85. The van der Waals surface area contributed by atoms with Crippen molar-refractivity contribution in [2.75, 3.05) is 25.9 Å². The molecule has 0 aromatic heterocycles. The molecular weight excluding hydrogens is 354 g/mol. The molecular formula is C19H24ClN3OS. The molecule has 0 radical (unpaired) electrons. The van der Waals surface area contributed by atoms with Crippen molar-refractivity contribution in [1.29, 1.82) is 0 Å². The van der Waals surface area contributed by atoms with Crippen LogP contribution in [0.1, 0.15) is 11.1 Å². The summed E-state index contributed by atoms with van der Waals surface area (Å²) >= 11 is 5.98. The first-order chi connectivity index (χ1) is 12.2. The van der Waals surface area contributed by atoms with E-state index in [1.165, 1.54) is 5.56 Å². The molecule has 2 aromatic carbocycles. The molecule has 0 aliphatic rings. The molecule has 134 valence electrons. The van der Waals surface area contributed by atoms with E-state index in [-0.39, 0.29) is 0 Å². The van der Waals surface area contributed by atoms with Gasteiger partial charge >= 0.3 is 0 Å². The van der Waals surface area contributed by atoms with Crippen molar-refractivity contribution >= 4 is 28.4 Å². The zero-order valence-electron chi connectivity index (χ0n) is 14.4. The average Bonchev–Trinajstić information content (AvgIpc) is 2.61. The van der Waals surface area contributed by atoms with Gasteiger partial charge in [-0.1, -0.05) is 54.1 Å². The van der Waals surface area contributed by atoms with E-state index >= 15 is 0 Å². The van der Waals surface area contributed by atoms with E-state index in [4.69, 9.17) is 11.6 Å². The third-order valence-electron chi connectivity index (χ3n) is 3.61. The molecule has 2 rings (SSSR count). The molecule has 0 aliphatic carbocycles. The largest absolute Gasteiger partial charge is 0.356 e. The van der Waals surface area contributed by atoms with Crippen LogP contribution in [0, 0.1) is 0 Å². The molecule has 0 heterocycles. The van der Waals surface area contributed by atoms with E-state index in [2.05, 4.69) is 21.7 Å². The number of halogens is 1. The van der Waals surface area contributed by atoms with Gasteiger partial charge in [0.15, 0.2) is 5.96 Å². The normalized spacial score (nSPS) is 12.6. The maximum absolute atomic E-state index is 12.1. The molecule has 2 aromatic rings. The van der Waals surface area contributed by atoms with Gasteiger partial charge in [0.2, 0.25) is 0 Å². The molecule has 0 aliphatic heterocycles. The van der Waals surface area contributed by atoms with E-state index < -0.39 is 10.8 Å². The summed E-state index contributed by atoms with van der Waals surface area (Å²) in [6, 6.07) is 17.7. The van der Waals surface area contributed by atoms with E-state index in [1.54, 1.807) is 7.05 Å². The fraction of sp³-hybridized carbons (Fsp3) is 0.316. The van der Waals surface area contributed by atoms with Gasteiger partial charge in [0.05, 0.1) is 0 Å². The molecule has 0 bridgehead atoms. The van der Waals surface area contributed by atoms with Gasteiger partial charge in [0.25, 0.3) is 0 Å². The van der Waals surface area contributed by atoms with Crippen molar-refractivity contribution in [2.45, 2.75) is 12.2 Å². The zero-order valence-corrected chi connectivity index (χ0v) is 15.9. The fourth-order valence-corrected chi connectivity index (χ4v) is 3.61. The molecule has 4 nitrogen and oxygen atoms in total. The fourth-order valence-electron chi connectivity index (χ4n) is 2.35. The van der Waals surface area contributed by atoms with Gasteiger partial charge < -0.3 is 10.6 Å². The number of hydrogen-bond donors (Lipinski definition) is 2. The molecule has 0 spiro atoms. The van der Waals surface area contributed by atoms with Crippen LogP contribution in [-0.2, 0) is 23.0 Å². The van der Waals surface area contributed by atoms with Gasteiger partial charge in [-0.05, 0) is 29.7 Å². The predicted molar refractivity (Wildman–Crippen MR) is 108 cm³/mol.